The Labute approximate surface area is 208 Å². The maximum atomic E-state index is 3.70. The quantitative estimate of drug-likeness (QED) is 0.235. The zero-order valence-electron chi connectivity index (χ0n) is 19.5. The van der Waals surface area contributed by atoms with Gasteiger partial charge >= 0.3 is 0 Å². The summed E-state index contributed by atoms with van der Waals surface area (Å²) in [5.74, 6) is 0. The molecule has 1 aromatic heterocycles. The monoisotopic (exact) mass is 455 g/mol. The van der Waals surface area contributed by atoms with Crippen molar-refractivity contribution in [3.63, 3.8) is 0 Å². The fraction of sp³-hybridized carbons (Fsp3) is 0.0286. The van der Waals surface area contributed by atoms with Crippen molar-refractivity contribution in [3.8, 4) is 22.3 Å². The molecule has 166 valence electrons. The Morgan fingerprint density at radius 2 is 1.06 bits per heavy atom. The van der Waals surface area contributed by atoms with Crippen molar-refractivity contribution in [2.75, 3.05) is 0 Å². The summed E-state index contributed by atoms with van der Waals surface area (Å²) in [5.41, 5.74) is 12.9. The Bertz CT molecular complexity index is 2000. The van der Waals surface area contributed by atoms with Gasteiger partial charge in [-0.15, -0.1) is 0 Å². The van der Waals surface area contributed by atoms with Gasteiger partial charge in [-0.2, -0.15) is 0 Å². The number of aromatic nitrogens is 1. The number of hydrogen-bond donors (Lipinski definition) is 1. The lowest BCUT2D eigenvalue weighted by molar-refractivity contribution is 0.775. The summed E-state index contributed by atoms with van der Waals surface area (Å²) in [4.78, 5) is 3.70. The van der Waals surface area contributed by atoms with Gasteiger partial charge in [-0.1, -0.05) is 103 Å². The molecule has 1 N–H and O–H groups in total. The van der Waals surface area contributed by atoms with Crippen LogP contribution in [-0.4, -0.2) is 4.98 Å². The molecule has 36 heavy (non-hydrogen) atoms. The van der Waals surface area contributed by atoms with Crippen LogP contribution >= 0.6 is 0 Å². The summed E-state index contributed by atoms with van der Waals surface area (Å²) in [6.45, 7) is 0. The number of benzene rings is 6. The third kappa shape index (κ3) is 2.01. The third-order valence-electron chi connectivity index (χ3n) is 8.60. The van der Waals surface area contributed by atoms with Gasteiger partial charge in [0.2, 0.25) is 0 Å². The minimum Gasteiger partial charge on any atom is -0.354 e. The van der Waals surface area contributed by atoms with Gasteiger partial charge in [-0.05, 0) is 73.5 Å². The van der Waals surface area contributed by atoms with Gasteiger partial charge in [-0.3, -0.25) is 0 Å². The van der Waals surface area contributed by atoms with Gasteiger partial charge in [-0.25, -0.2) is 0 Å². The largest absolute Gasteiger partial charge is 0.354 e. The molecule has 0 radical (unpaired) electrons. The van der Waals surface area contributed by atoms with Gasteiger partial charge < -0.3 is 4.98 Å². The normalized spacial score (nSPS) is 14.3. The van der Waals surface area contributed by atoms with E-state index < -0.39 is 0 Å². The molecular weight excluding hydrogens is 434 g/mol. The number of para-hydroxylation sites is 1. The second kappa shape index (κ2) is 6.33. The first-order valence-electron chi connectivity index (χ1n) is 12.6. The Kier molecular flexibility index (Phi) is 3.28. The van der Waals surface area contributed by atoms with Crippen molar-refractivity contribution in [3.05, 3.63) is 144 Å². The summed E-state index contributed by atoms with van der Waals surface area (Å²) in [6.07, 6.45) is 0. The molecular formula is C35H21N. The van der Waals surface area contributed by atoms with E-state index in [1.54, 1.807) is 0 Å². The van der Waals surface area contributed by atoms with E-state index in [1.807, 2.05) is 0 Å². The van der Waals surface area contributed by atoms with Gasteiger partial charge in [0.25, 0.3) is 0 Å². The molecule has 7 aromatic rings. The van der Waals surface area contributed by atoms with Crippen LogP contribution in [0.5, 0.6) is 0 Å². The van der Waals surface area contributed by atoms with Gasteiger partial charge in [0.05, 0.1) is 5.41 Å². The van der Waals surface area contributed by atoms with Crippen LogP contribution in [0, 0.1) is 0 Å². The number of rotatable bonds is 0. The predicted molar refractivity (Wildman–Crippen MR) is 150 cm³/mol. The predicted octanol–water partition coefficient (Wildman–Crippen LogP) is 8.82. The fourth-order valence-corrected chi connectivity index (χ4v) is 7.27. The minimum absolute atomic E-state index is 0.358. The van der Waals surface area contributed by atoms with Crippen LogP contribution in [-0.2, 0) is 5.41 Å². The summed E-state index contributed by atoms with van der Waals surface area (Å²) >= 11 is 0. The maximum Gasteiger partial charge on any atom is 0.0726 e. The standard InChI is InChI=1S/C35H21N/c1-4-15-28-22(11-1)23-12-2-5-16-29(23)35(28)30-17-8-10-21-9-7-14-25(34(21)30)26-20-33-27(19-31(26)35)24-13-3-6-18-32(24)36-33/h1-20,36H. The molecule has 0 fully saturated rings. The fourth-order valence-electron chi connectivity index (χ4n) is 7.27. The summed E-state index contributed by atoms with van der Waals surface area (Å²) < 4.78 is 0. The van der Waals surface area contributed by atoms with Gasteiger partial charge in [0, 0.05) is 21.8 Å². The zero-order valence-corrected chi connectivity index (χ0v) is 19.5. The molecule has 0 aliphatic heterocycles. The lowest BCUT2D eigenvalue weighted by atomic mass is 9.61. The van der Waals surface area contributed by atoms with E-state index in [0.717, 1.165) is 0 Å². The van der Waals surface area contributed by atoms with E-state index in [4.69, 9.17) is 0 Å². The number of hydrogen-bond acceptors (Lipinski definition) is 0. The van der Waals surface area contributed by atoms with Crippen molar-refractivity contribution in [1.29, 1.82) is 0 Å². The van der Waals surface area contributed by atoms with Crippen molar-refractivity contribution in [2.45, 2.75) is 5.41 Å². The molecule has 2 aliphatic carbocycles. The molecule has 2 aliphatic rings. The Morgan fingerprint density at radius 1 is 0.417 bits per heavy atom. The third-order valence-corrected chi connectivity index (χ3v) is 8.60. The highest BCUT2D eigenvalue weighted by Gasteiger charge is 2.50. The molecule has 0 bridgehead atoms. The molecule has 6 aromatic carbocycles. The Hall–Kier alpha value is -4.62. The lowest BCUT2D eigenvalue weighted by Crippen LogP contribution is -2.31. The molecule has 0 unspecified atom stereocenters. The first kappa shape index (κ1) is 18.7. The van der Waals surface area contributed by atoms with Crippen LogP contribution in [0.2, 0.25) is 0 Å². The van der Waals surface area contributed by atoms with Crippen LogP contribution in [0.15, 0.2) is 121 Å². The smallest absolute Gasteiger partial charge is 0.0726 e. The zero-order chi connectivity index (χ0) is 23.4. The van der Waals surface area contributed by atoms with E-state index >= 15 is 0 Å². The Balaban J connectivity index is 1.58. The second-order valence-corrected chi connectivity index (χ2v) is 10.2. The van der Waals surface area contributed by atoms with Gasteiger partial charge in [0.1, 0.15) is 0 Å². The Morgan fingerprint density at radius 3 is 1.86 bits per heavy atom. The van der Waals surface area contributed by atoms with Crippen molar-refractivity contribution in [1.82, 2.24) is 4.98 Å². The first-order valence-corrected chi connectivity index (χ1v) is 12.6. The van der Waals surface area contributed by atoms with E-state index in [0.29, 0.717) is 0 Å². The van der Waals surface area contributed by atoms with Crippen LogP contribution in [0.1, 0.15) is 22.3 Å². The molecule has 1 heteroatoms. The lowest BCUT2D eigenvalue weighted by Gasteiger charge is -2.40. The average molecular weight is 456 g/mol. The molecule has 0 saturated heterocycles. The summed E-state index contributed by atoms with van der Waals surface area (Å²) in [5, 5.41) is 5.24. The van der Waals surface area contributed by atoms with E-state index in [-0.39, 0.29) is 5.41 Å². The van der Waals surface area contributed by atoms with Crippen molar-refractivity contribution < 1.29 is 0 Å². The highest BCUT2D eigenvalue weighted by molar-refractivity contribution is 6.13. The van der Waals surface area contributed by atoms with Crippen molar-refractivity contribution >= 4 is 32.6 Å². The highest BCUT2D eigenvalue weighted by Crippen LogP contribution is 2.62. The summed E-state index contributed by atoms with van der Waals surface area (Å²) in [6, 6.07) is 45.3. The number of H-pyrrole nitrogens is 1. The number of nitrogens with one attached hydrogen (secondary N) is 1. The SMILES string of the molecule is c1ccc2c(c1)-c1ccccc1C21c2cc3c(cc2-c2cccc4cccc1c24)[nH]c1ccccc13. The first-order chi connectivity index (χ1) is 17.9. The summed E-state index contributed by atoms with van der Waals surface area (Å²) in [7, 11) is 0. The van der Waals surface area contributed by atoms with Crippen LogP contribution < -0.4 is 0 Å². The highest BCUT2D eigenvalue weighted by atomic mass is 14.7. The molecule has 0 amide bonds. The maximum absolute atomic E-state index is 3.70. The number of fused-ring (bicyclic) bond motifs is 12. The molecule has 1 spiro atoms. The topological polar surface area (TPSA) is 15.8 Å². The van der Waals surface area contributed by atoms with Crippen LogP contribution in [0.4, 0.5) is 0 Å². The number of aromatic amines is 1. The van der Waals surface area contributed by atoms with Gasteiger partial charge in [0.15, 0.2) is 0 Å². The van der Waals surface area contributed by atoms with Crippen LogP contribution in [0.25, 0.3) is 54.8 Å². The molecule has 0 atom stereocenters. The second-order valence-electron chi connectivity index (χ2n) is 10.2. The van der Waals surface area contributed by atoms with Crippen LogP contribution in [0.3, 0.4) is 0 Å². The van der Waals surface area contributed by atoms with E-state index in [9.17, 15) is 0 Å². The molecule has 0 saturated carbocycles. The van der Waals surface area contributed by atoms with E-state index in [2.05, 4.69) is 126 Å². The molecule has 1 nitrogen and oxygen atoms in total. The van der Waals surface area contributed by atoms with Crippen molar-refractivity contribution in [2.24, 2.45) is 0 Å². The molecule has 1 heterocycles. The molecule has 9 rings (SSSR count). The van der Waals surface area contributed by atoms with E-state index in [1.165, 1.54) is 77.1 Å². The minimum atomic E-state index is -0.358. The average Bonchev–Trinajstić information content (AvgIpc) is 3.45.